The summed E-state index contributed by atoms with van der Waals surface area (Å²) in [5, 5.41) is 4.90. The highest BCUT2D eigenvalue weighted by atomic mass is 35.5. The molecule has 3 nitrogen and oxygen atoms in total. The molecule has 6 heteroatoms. The van der Waals surface area contributed by atoms with Gasteiger partial charge in [-0.1, -0.05) is 23.2 Å². The summed E-state index contributed by atoms with van der Waals surface area (Å²) in [5.74, 6) is 1.61. The molecule has 2 aliphatic heterocycles. The quantitative estimate of drug-likeness (QED) is 0.777. The lowest BCUT2D eigenvalue weighted by atomic mass is 9.90. The summed E-state index contributed by atoms with van der Waals surface area (Å²) < 4.78 is 0. The minimum atomic E-state index is 0. The van der Waals surface area contributed by atoms with Crippen LogP contribution < -0.4 is 5.32 Å². The van der Waals surface area contributed by atoms with Crippen LogP contribution in [-0.2, 0) is 11.2 Å². The fourth-order valence-corrected chi connectivity index (χ4v) is 4.23. The van der Waals surface area contributed by atoms with Crippen LogP contribution in [0, 0.1) is 11.8 Å². The molecular formula is C19H27Cl3N2O. The van der Waals surface area contributed by atoms with Gasteiger partial charge >= 0.3 is 0 Å². The maximum absolute atomic E-state index is 12.4. The third-order valence-corrected chi connectivity index (χ3v) is 6.02. The largest absolute Gasteiger partial charge is 0.343 e. The molecule has 1 amide bonds. The van der Waals surface area contributed by atoms with Crippen LogP contribution in [0.1, 0.15) is 37.7 Å². The maximum Gasteiger partial charge on any atom is 0.222 e. The maximum atomic E-state index is 12.4. The van der Waals surface area contributed by atoms with Gasteiger partial charge in [-0.25, -0.2) is 0 Å². The zero-order valence-corrected chi connectivity index (χ0v) is 16.8. The Morgan fingerprint density at radius 1 is 1.16 bits per heavy atom. The van der Waals surface area contributed by atoms with Crippen LogP contribution in [0.2, 0.25) is 10.0 Å². The first-order valence-electron chi connectivity index (χ1n) is 9.04. The van der Waals surface area contributed by atoms with Crippen molar-refractivity contribution >= 4 is 41.5 Å². The van der Waals surface area contributed by atoms with Gasteiger partial charge in [0.15, 0.2) is 0 Å². The Morgan fingerprint density at radius 3 is 2.60 bits per heavy atom. The summed E-state index contributed by atoms with van der Waals surface area (Å²) in [6, 6.07) is 5.67. The molecule has 0 radical (unpaired) electrons. The Kier molecular flexibility index (Phi) is 8.34. The molecule has 140 valence electrons. The Morgan fingerprint density at radius 2 is 1.92 bits per heavy atom. The van der Waals surface area contributed by atoms with Crippen molar-refractivity contribution in [1.82, 2.24) is 10.2 Å². The first-order chi connectivity index (χ1) is 11.6. The molecule has 2 aliphatic rings. The van der Waals surface area contributed by atoms with Crippen LogP contribution in [0.25, 0.3) is 0 Å². The molecule has 0 aromatic heterocycles. The van der Waals surface area contributed by atoms with E-state index in [0.717, 1.165) is 67.5 Å². The highest BCUT2D eigenvalue weighted by Crippen LogP contribution is 2.28. The van der Waals surface area contributed by atoms with E-state index in [9.17, 15) is 4.79 Å². The van der Waals surface area contributed by atoms with Crippen molar-refractivity contribution in [1.29, 1.82) is 0 Å². The molecule has 0 aliphatic carbocycles. The van der Waals surface area contributed by atoms with Crippen molar-refractivity contribution in [3.8, 4) is 0 Å². The summed E-state index contributed by atoms with van der Waals surface area (Å²) in [7, 11) is 0. The van der Waals surface area contributed by atoms with Gasteiger partial charge in [0.1, 0.15) is 0 Å². The highest BCUT2D eigenvalue weighted by Gasteiger charge is 2.24. The zero-order chi connectivity index (χ0) is 16.9. The third-order valence-electron chi connectivity index (χ3n) is 5.41. The topological polar surface area (TPSA) is 32.3 Å². The number of hydrogen-bond donors (Lipinski definition) is 1. The molecule has 1 aromatic rings. The molecule has 3 rings (SSSR count). The zero-order valence-electron chi connectivity index (χ0n) is 14.5. The van der Waals surface area contributed by atoms with Crippen LogP contribution in [0.3, 0.4) is 0 Å². The van der Waals surface area contributed by atoms with Crippen LogP contribution in [0.5, 0.6) is 0 Å². The second-order valence-electron chi connectivity index (χ2n) is 7.16. The number of amides is 1. The number of carbonyl (C=O) groups is 1. The van der Waals surface area contributed by atoms with E-state index < -0.39 is 0 Å². The van der Waals surface area contributed by atoms with E-state index in [0.29, 0.717) is 24.2 Å². The fraction of sp³-hybridized carbons (Fsp3) is 0.632. The van der Waals surface area contributed by atoms with Crippen molar-refractivity contribution < 1.29 is 4.79 Å². The number of likely N-dealkylation sites (tertiary alicyclic amines) is 1. The van der Waals surface area contributed by atoms with E-state index >= 15 is 0 Å². The van der Waals surface area contributed by atoms with Gasteiger partial charge in [0, 0.05) is 29.6 Å². The van der Waals surface area contributed by atoms with Crippen LogP contribution in [0.15, 0.2) is 18.2 Å². The van der Waals surface area contributed by atoms with Crippen molar-refractivity contribution in [2.24, 2.45) is 11.8 Å². The molecule has 25 heavy (non-hydrogen) atoms. The fourth-order valence-electron chi connectivity index (χ4n) is 3.84. The van der Waals surface area contributed by atoms with E-state index in [1.165, 1.54) is 6.42 Å². The molecule has 2 saturated heterocycles. The number of nitrogens with one attached hydrogen (secondary N) is 1. The first kappa shape index (κ1) is 20.8. The third kappa shape index (κ3) is 6.02. The van der Waals surface area contributed by atoms with Crippen LogP contribution >= 0.6 is 35.6 Å². The molecule has 0 spiro atoms. The molecular weight excluding hydrogens is 379 g/mol. The molecule has 1 N–H and O–H groups in total. The lowest BCUT2D eigenvalue weighted by Crippen LogP contribution is -2.39. The van der Waals surface area contributed by atoms with E-state index in [2.05, 4.69) is 10.2 Å². The number of carbonyl (C=O) groups excluding carboxylic acids is 1. The van der Waals surface area contributed by atoms with Crippen molar-refractivity contribution in [2.45, 2.75) is 38.5 Å². The van der Waals surface area contributed by atoms with E-state index in [-0.39, 0.29) is 12.4 Å². The number of halogens is 3. The summed E-state index contributed by atoms with van der Waals surface area (Å²) in [5.41, 5.74) is 1.13. The summed E-state index contributed by atoms with van der Waals surface area (Å²) in [6.07, 6.45) is 6.02. The van der Waals surface area contributed by atoms with Gasteiger partial charge in [0.2, 0.25) is 5.91 Å². The molecule has 2 heterocycles. The second-order valence-corrected chi connectivity index (χ2v) is 8.01. The number of benzene rings is 1. The number of hydrogen-bond acceptors (Lipinski definition) is 2. The van der Waals surface area contributed by atoms with Gasteiger partial charge in [0.25, 0.3) is 0 Å². The van der Waals surface area contributed by atoms with E-state index in [4.69, 9.17) is 23.2 Å². The number of rotatable bonds is 5. The Bertz CT molecular complexity index is 568. The Balaban J connectivity index is 0.00000225. The van der Waals surface area contributed by atoms with E-state index in [1.54, 1.807) is 0 Å². The summed E-state index contributed by atoms with van der Waals surface area (Å²) in [4.78, 5) is 14.4. The predicted molar refractivity (Wildman–Crippen MR) is 107 cm³/mol. The Labute approximate surface area is 166 Å². The summed E-state index contributed by atoms with van der Waals surface area (Å²) >= 11 is 12.3. The molecule has 0 saturated carbocycles. The number of nitrogens with zero attached hydrogens (tertiary/aromatic N) is 1. The first-order valence-corrected chi connectivity index (χ1v) is 9.80. The second kappa shape index (κ2) is 10.0. The van der Waals surface area contributed by atoms with Gasteiger partial charge in [-0.05, 0) is 80.8 Å². The van der Waals surface area contributed by atoms with Gasteiger partial charge in [-0.15, -0.1) is 12.4 Å². The molecule has 1 aromatic carbocycles. The van der Waals surface area contributed by atoms with Crippen LogP contribution in [-0.4, -0.2) is 37.0 Å². The van der Waals surface area contributed by atoms with Crippen molar-refractivity contribution in [3.63, 3.8) is 0 Å². The smallest absolute Gasteiger partial charge is 0.222 e. The minimum Gasteiger partial charge on any atom is -0.343 e. The molecule has 2 fully saturated rings. The minimum absolute atomic E-state index is 0. The lowest BCUT2D eigenvalue weighted by Gasteiger charge is -2.32. The molecule has 1 unspecified atom stereocenters. The SMILES string of the molecule is Cl.O=C(CCC1CCNC1)N1CCC(Cc2cc(Cl)ccc2Cl)CC1. The Hall–Kier alpha value is -0.480. The normalized spacial score (nSPS) is 21.2. The number of piperidine rings is 1. The molecule has 1 atom stereocenters. The lowest BCUT2D eigenvalue weighted by molar-refractivity contribution is -0.132. The average molecular weight is 406 g/mol. The van der Waals surface area contributed by atoms with E-state index in [1.807, 2.05) is 18.2 Å². The predicted octanol–water partition coefficient (Wildman–Crippen LogP) is 4.59. The monoisotopic (exact) mass is 404 g/mol. The van der Waals surface area contributed by atoms with Crippen molar-refractivity contribution in [3.05, 3.63) is 33.8 Å². The van der Waals surface area contributed by atoms with Gasteiger partial charge in [-0.3, -0.25) is 4.79 Å². The molecule has 0 bridgehead atoms. The van der Waals surface area contributed by atoms with Crippen molar-refractivity contribution in [2.75, 3.05) is 26.2 Å². The van der Waals surface area contributed by atoms with Gasteiger partial charge in [0.05, 0.1) is 0 Å². The van der Waals surface area contributed by atoms with Gasteiger partial charge in [-0.2, -0.15) is 0 Å². The van der Waals surface area contributed by atoms with Crippen LogP contribution in [0.4, 0.5) is 0 Å². The van der Waals surface area contributed by atoms with Gasteiger partial charge < -0.3 is 10.2 Å². The average Bonchev–Trinajstić information content (AvgIpc) is 3.10. The highest BCUT2D eigenvalue weighted by molar-refractivity contribution is 6.33. The standard InChI is InChI=1S/C19H26Cl2N2O.ClH/c20-17-2-3-18(21)16(12-17)11-14-6-9-23(10-7-14)19(24)4-1-15-5-8-22-13-15;/h2-3,12,14-15,22H,1,4-11,13H2;1H. The summed E-state index contributed by atoms with van der Waals surface area (Å²) in [6.45, 7) is 3.95.